The fraction of sp³-hybridized carbons (Fsp3) is 0.188. The third-order valence-corrected chi connectivity index (χ3v) is 3.38. The van der Waals surface area contributed by atoms with Gasteiger partial charge in [0, 0.05) is 24.2 Å². The Morgan fingerprint density at radius 2 is 1.79 bits per heavy atom. The van der Waals surface area contributed by atoms with E-state index in [-0.39, 0.29) is 23.5 Å². The Hall–Kier alpha value is -3.29. The summed E-state index contributed by atoms with van der Waals surface area (Å²) in [6, 6.07) is 8.54. The number of nitro benzene ring substituents is 1. The number of amides is 1. The minimum atomic E-state index is -0.643. The van der Waals surface area contributed by atoms with Crippen molar-refractivity contribution in [2.45, 2.75) is 6.54 Å². The number of hydrogen-bond donors (Lipinski definition) is 2. The van der Waals surface area contributed by atoms with Crippen molar-refractivity contribution in [2.24, 2.45) is 0 Å². The quantitative estimate of drug-likeness (QED) is 0.620. The van der Waals surface area contributed by atoms with E-state index in [0.717, 1.165) is 0 Å². The number of benzene rings is 2. The van der Waals surface area contributed by atoms with E-state index in [2.05, 4.69) is 5.32 Å². The number of phenols is 1. The number of methoxy groups -OCH3 is 2. The zero-order valence-electron chi connectivity index (χ0n) is 13.1. The van der Waals surface area contributed by atoms with E-state index in [1.165, 1.54) is 38.5 Å². The van der Waals surface area contributed by atoms with Gasteiger partial charge in [0.05, 0.1) is 19.1 Å². The number of nitrogens with one attached hydrogen (secondary N) is 1. The van der Waals surface area contributed by atoms with Crippen molar-refractivity contribution >= 4 is 11.6 Å². The summed E-state index contributed by atoms with van der Waals surface area (Å²) in [5.41, 5.74) is 0.00861. The summed E-state index contributed by atoms with van der Waals surface area (Å²) in [7, 11) is 2.87. The van der Waals surface area contributed by atoms with Crippen molar-refractivity contribution in [3.05, 3.63) is 57.6 Å². The number of nitro groups is 1. The van der Waals surface area contributed by atoms with Gasteiger partial charge in [-0.2, -0.15) is 0 Å². The smallest absolute Gasteiger partial charge is 0.282 e. The molecule has 0 aliphatic rings. The summed E-state index contributed by atoms with van der Waals surface area (Å²) in [6.45, 7) is 0.00300. The standard InChI is InChI=1S/C16H16N2O6/c1-23-11-5-6-14(18(21)22)13(7-11)16(20)17-9-10-3-4-12(24-2)8-15(10)19/h3-8,19H,9H2,1-2H3,(H,17,20). The van der Waals surface area contributed by atoms with Gasteiger partial charge in [0.1, 0.15) is 22.8 Å². The molecule has 1 amide bonds. The van der Waals surface area contributed by atoms with Crippen LogP contribution in [0.25, 0.3) is 0 Å². The highest BCUT2D eigenvalue weighted by atomic mass is 16.6. The van der Waals surface area contributed by atoms with E-state index in [1.807, 2.05) is 0 Å². The van der Waals surface area contributed by atoms with Gasteiger partial charge in [0.2, 0.25) is 0 Å². The summed E-state index contributed by atoms with van der Waals surface area (Å²) in [6.07, 6.45) is 0. The molecule has 0 atom stereocenters. The molecule has 2 aromatic carbocycles. The van der Waals surface area contributed by atoms with Crippen LogP contribution in [0.1, 0.15) is 15.9 Å². The predicted octanol–water partition coefficient (Wildman–Crippen LogP) is 2.25. The summed E-state index contributed by atoms with van der Waals surface area (Å²) in [5, 5.41) is 23.5. The molecule has 8 nitrogen and oxygen atoms in total. The lowest BCUT2D eigenvalue weighted by atomic mass is 10.1. The van der Waals surface area contributed by atoms with Gasteiger partial charge < -0.3 is 19.9 Å². The summed E-state index contributed by atoms with van der Waals surface area (Å²) in [4.78, 5) is 22.7. The molecule has 2 aromatic rings. The molecule has 0 aromatic heterocycles. The van der Waals surface area contributed by atoms with Gasteiger partial charge in [-0.15, -0.1) is 0 Å². The number of ether oxygens (including phenoxy) is 2. The van der Waals surface area contributed by atoms with Crippen molar-refractivity contribution in [3.8, 4) is 17.2 Å². The van der Waals surface area contributed by atoms with Crippen molar-refractivity contribution in [2.75, 3.05) is 14.2 Å². The number of nitrogens with zero attached hydrogens (tertiary/aromatic N) is 1. The number of carbonyl (C=O) groups excluding carboxylic acids is 1. The third-order valence-electron chi connectivity index (χ3n) is 3.38. The van der Waals surface area contributed by atoms with E-state index in [4.69, 9.17) is 9.47 Å². The maximum atomic E-state index is 12.3. The summed E-state index contributed by atoms with van der Waals surface area (Å²) in [5.74, 6) is 0.120. The maximum Gasteiger partial charge on any atom is 0.282 e. The minimum Gasteiger partial charge on any atom is -0.507 e. The molecule has 0 heterocycles. The molecule has 0 radical (unpaired) electrons. The average molecular weight is 332 g/mol. The lowest BCUT2D eigenvalue weighted by Crippen LogP contribution is -2.23. The Bertz CT molecular complexity index is 775. The van der Waals surface area contributed by atoms with Crippen molar-refractivity contribution in [1.82, 2.24) is 5.32 Å². The molecule has 2 N–H and O–H groups in total. The Kier molecular flexibility index (Phi) is 5.20. The van der Waals surface area contributed by atoms with E-state index in [9.17, 15) is 20.0 Å². The fourth-order valence-corrected chi connectivity index (χ4v) is 2.07. The highest BCUT2D eigenvalue weighted by molar-refractivity contribution is 5.98. The van der Waals surface area contributed by atoms with Crippen LogP contribution in [0.2, 0.25) is 0 Å². The molecule has 0 saturated carbocycles. The Balaban J connectivity index is 2.19. The van der Waals surface area contributed by atoms with Gasteiger partial charge in [-0.3, -0.25) is 14.9 Å². The highest BCUT2D eigenvalue weighted by Crippen LogP contribution is 2.25. The van der Waals surface area contributed by atoms with Crippen LogP contribution >= 0.6 is 0 Å². The molecule has 0 unspecified atom stereocenters. The first-order valence-corrected chi connectivity index (χ1v) is 6.92. The number of aromatic hydroxyl groups is 1. The number of carbonyl (C=O) groups is 1. The second-order valence-corrected chi connectivity index (χ2v) is 4.82. The van der Waals surface area contributed by atoms with E-state index in [1.54, 1.807) is 12.1 Å². The molecule has 24 heavy (non-hydrogen) atoms. The topological polar surface area (TPSA) is 111 Å². The Morgan fingerprint density at radius 3 is 2.38 bits per heavy atom. The molecule has 0 aliphatic heterocycles. The number of rotatable bonds is 6. The molecule has 0 spiro atoms. The first kappa shape index (κ1) is 17.1. The largest absolute Gasteiger partial charge is 0.507 e. The zero-order valence-corrected chi connectivity index (χ0v) is 13.1. The van der Waals surface area contributed by atoms with E-state index in [0.29, 0.717) is 17.1 Å². The molecule has 126 valence electrons. The van der Waals surface area contributed by atoms with Crippen LogP contribution in [-0.2, 0) is 6.54 Å². The minimum absolute atomic E-state index is 0.00300. The molecule has 8 heteroatoms. The predicted molar refractivity (Wildman–Crippen MR) is 85.5 cm³/mol. The maximum absolute atomic E-state index is 12.3. The van der Waals surface area contributed by atoms with Gasteiger partial charge >= 0.3 is 0 Å². The number of phenolic OH excluding ortho intramolecular Hbond substituents is 1. The first-order valence-electron chi connectivity index (χ1n) is 6.92. The SMILES string of the molecule is COc1ccc(CNC(=O)c2cc(OC)ccc2[N+](=O)[O-])c(O)c1. The second-order valence-electron chi connectivity index (χ2n) is 4.82. The molecular formula is C16H16N2O6. The fourth-order valence-electron chi connectivity index (χ4n) is 2.07. The molecular weight excluding hydrogens is 316 g/mol. The van der Waals surface area contributed by atoms with Crippen LogP contribution in [-0.4, -0.2) is 30.2 Å². The highest BCUT2D eigenvalue weighted by Gasteiger charge is 2.21. The van der Waals surface area contributed by atoms with Gasteiger partial charge in [0.25, 0.3) is 11.6 Å². The van der Waals surface area contributed by atoms with Gasteiger partial charge in [-0.1, -0.05) is 0 Å². The lowest BCUT2D eigenvalue weighted by molar-refractivity contribution is -0.385. The Morgan fingerprint density at radius 1 is 1.17 bits per heavy atom. The van der Waals surface area contributed by atoms with Crippen LogP contribution in [0.5, 0.6) is 17.2 Å². The molecule has 2 rings (SSSR count). The normalized spacial score (nSPS) is 10.1. The molecule has 0 saturated heterocycles. The summed E-state index contributed by atoms with van der Waals surface area (Å²) < 4.78 is 9.97. The number of hydrogen-bond acceptors (Lipinski definition) is 6. The van der Waals surface area contributed by atoms with E-state index >= 15 is 0 Å². The molecule has 0 bridgehead atoms. The third kappa shape index (κ3) is 3.72. The monoisotopic (exact) mass is 332 g/mol. The van der Waals surface area contributed by atoms with Crippen LogP contribution in [0.4, 0.5) is 5.69 Å². The van der Waals surface area contributed by atoms with Crippen LogP contribution < -0.4 is 14.8 Å². The lowest BCUT2D eigenvalue weighted by Gasteiger charge is -2.09. The van der Waals surface area contributed by atoms with Crippen LogP contribution in [0.3, 0.4) is 0 Å². The first-order chi connectivity index (χ1) is 11.5. The van der Waals surface area contributed by atoms with Crippen LogP contribution in [0, 0.1) is 10.1 Å². The summed E-state index contributed by atoms with van der Waals surface area (Å²) >= 11 is 0. The molecule has 0 fully saturated rings. The van der Waals surface area contributed by atoms with E-state index < -0.39 is 10.8 Å². The van der Waals surface area contributed by atoms with Gasteiger partial charge in [0.15, 0.2) is 0 Å². The Labute approximate surface area is 137 Å². The van der Waals surface area contributed by atoms with Gasteiger partial charge in [-0.25, -0.2) is 0 Å². The zero-order chi connectivity index (χ0) is 17.7. The van der Waals surface area contributed by atoms with Crippen molar-refractivity contribution < 1.29 is 24.3 Å². The average Bonchev–Trinajstić information content (AvgIpc) is 2.59. The van der Waals surface area contributed by atoms with Crippen molar-refractivity contribution in [1.29, 1.82) is 0 Å². The molecule has 0 aliphatic carbocycles. The van der Waals surface area contributed by atoms with Gasteiger partial charge in [-0.05, 0) is 24.3 Å². The van der Waals surface area contributed by atoms with Crippen molar-refractivity contribution in [3.63, 3.8) is 0 Å². The second kappa shape index (κ2) is 7.32. The van der Waals surface area contributed by atoms with Crippen LogP contribution in [0.15, 0.2) is 36.4 Å².